The van der Waals surface area contributed by atoms with E-state index in [1.807, 2.05) is 24.3 Å². The van der Waals surface area contributed by atoms with Crippen LogP contribution < -0.4 is 15.0 Å². The zero-order chi connectivity index (χ0) is 22.7. The maximum Gasteiger partial charge on any atom is 0.267 e. The van der Waals surface area contributed by atoms with Gasteiger partial charge in [0.15, 0.2) is 0 Å². The summed E-state index contributed by atoms with van der Waals surface area (Å²) in [4.78, 5) is 15.2. The van der Waals surface area contributed by atoms with Crippen LogP contribution in [0.5, 0.6) is 5.75 Å². The van der Waals surface area contributed by atoms with Crippen molar-refractivity contribution in [2.45, 2.75) is 4.90 Å². The highest BCUT2D eigenvalue weighted by Crippen LogP contribution is 2.28. The van der Waals surface area contributed by atoms with Crippen molar-refractivity contribution in [1.82, 2.24) is 4.31 Å². The van der Waals surface area contributed by atoms with Crippen LogP contribution in [0.2, 0.25) is 5.02 Å². The van der Waals surface area contributed by atoms with E-state index in [0.29, 0.717) is 42.6 Å². The lowest BCUT2D eigenvalue weighted by Gasteiger charge is -2.35. The average Bonchev–Trinajstić information content (AvgIpc) is 3.31. The standard InChI is InChI=1S/C22H22ClN3O4S2/c1-30-19-4-2-3-17(15-19)24-22(27)21-20(9-14-31-21)32(28,29)26-12-10-25(11-13-26)18-7-5-16(23)6-8-18/h2-9,14-15H,10-13H2,1H3,(H,24,27). The number of nitrogens with one attached hydrogen (secondary N) is 1. The molecule has 0 radical (unpaired) electrons. The van der Waals surface area contributed by atoms with Crippen molar-refractivity contribution < 1.29 is 17.9 Å². The highest BCUT2D eigenvalue weighted by molar-refractivity contribution is 7.89. The van der Waals surface area contributed by atoms with E-state index in [1.54, 1.807) is 29.6 Å². The van der Waals surface area contributed by atoms with Crippen LogP contribution >= 0.6 is 22.9 Å². The lowest BCUT2D eigenvalue weighted by Crippen LogP contribution is -2.48. The predicted molar refractivity (Wildman–Crippen MR) is 128 cm³/mol. The van der Waals surface area contributed by atoms with Gasteiger partial charge in [-0.15, -0.1) is 11.3 Å². The molecule has 4 rings (SSSR count). The summed E-state index contributed by atoms with van der Waals surface area (Å²) < 4.78 is 33.2. The normalized spacial score (nSPS) is 14.9. The Morgan fingerprint density at radius 1 is 1.06 bits per heavy atom. The number of rotatable bonds is 6. The summed E-state index contributed by atoms with van der Waals surface area (Å²) in [5, 5.41) is 5.04. The second-order valence-electron chi connectivity index (χ2n) is 7.17. The van der Waals surface area contributed by atoms with Gasteiger partial charge in [0.1, 0.15) is 15.5 Å². The number of thiophene rings is 1. The van der Waals surface area contributed by atoms with Gasteiger partial charge in [0.2, 0.25) is 10.0 Å². The van der Waals surface area contributed by atoms with Gasteiger partial charge in [-0.3, -0.25) is 4.79 Å². The van der Waals surface area contributed by atoms with Gasteiger partial charge < -0.3 is 15.0 Å². The Hall–Kier alpha value is -2.59. The van der Waals surface area contributed by atoms with Crippen molar-refractivity contribution in [2.24, 2.45) is 0 Å². The molecule has 1 saturated heterocycles. The van der Waals surface area contributed by atoms with Crippen LogP contribution in [0.25, 0.3) is 0 Å². The molecule has 168 valence electrons. The molecule has 7 nitrogen and oxygen atoms in total. The molecule has 1 aliphatic heterocycles. The molecular formula is C22H22ClN3O4S2. The number of methoxy groups -OCH3 is 1. The fourth-order valence-corrected chi connectivity index (χ4v) is 6.38. The molecule has 1 aliphatic rings. The topological polar surface area (TPSA) is 78.9 Å². The molecule has 10 heteroatoms. The molecule has 0 saturated carbocycles. The van der Waals surface area contributed by atoms with Crippen molar-refractivity contribution in [3.63, 3.8) is 0 Å². The van der Waals surface area contributed by atoms with Gasteiger partial charge in [0.25, 0.3) is 5.91 Å². The fourth-order valence-electron chi connectivity index (χ4n) is 3.53. The Balaban J connectivity index is 1.47. The summed E-state index contributed by atoms with van der Waals surface area (Å²) in [7, 11) is -2.26. The van der Waals surface area contributed by atoms with Crippen molar-refractivity contribution in [3.05, 3.63) is 69.9 Å². The maximum atomic E-state index is 13.3. The Morgan fingerprint density at radius 2 is 1.78 bits per heavy atom. The first-order chi connectivity index (χ1) is 15.4. The Kier molecular flexibility index (Phi) is 6.71. The number of ether oxygens (including phenoxy) is 1. The van der Waals surface area contributed by atoms with Gasteiger partial charge in [-0.25, -0.2) is 8.42 Å². The molecule has 0 atom stereocenters. The van der Waals surface area contributed by atoms with Crippen LogP contribution in [0.1, 0.15) is 9.67 Å². The summed E-state index contributed by atoms with van der Waals surface area (Å²) in [5.41, 5.74) is 1.53. The number of amides is 1. The number of hydrogen-bond donors (Lipinski definition) is 1. The SMILES string of the molecule is COc1cccc(NC(=O)c2sccc2S(=O)(=O)N2CCN(c3ccc(Cl)cc3)CC2)c1. The zero-order valence-corrected chi connectivity index (χ0v) is 19.7. The monoisotopic (exact) mass is 491 g/mol. The van der Waals surface area contributed by atoms with Crippen molar-refractivity contribution in [3.8, 4) is 5.75 Å². The molecular weight excluding hydrogens is 470 g/mol. The van der Waals surface area contributed by atoms with E-state index in [4.69, 9.17) is 16.3 Å². The van der Waals surface area contributed by atoms with E-state index in [9.17, 15) is 13.2 Å². The second-order valence-corrected chi connectivity index (χ2v) is 10.4. The third kappa shape index (κ3) is 4.75. The molecule has 0 bridgehead atoms. The minimum absolute atomic E-state index is 0.0304. The van der Waals surface area contributed by atoms with Crippen LogP contribution in [0.3, 0.4) is 0 Å². The Labute approximate surface area is 196 Å². The Bertz CT molecular complexity index is 1200. The van der Waals surface area contributed by atoms with Crippen LogP contribution in [0.4, 0.5) is 11.4 Å². The van der Waals surface area contributed by atoms with E-state index in [2.05, 4.69) is 10.2 Å². The first-order valence-electron chi connectivity index (χ1n) is 9.92. The summed E-state index contributed by atoms with van der Waals surface area (Å²) in [6, 6.07) is 15.9. The fraction of sp³-hybridized carbons (Fsp3) is 0.227. The van der Waals surface area contributed by atoms with Crippen molar-refractivity contribution >= 4 is 50.2 Å². The third-order valence-electron chi connectivity index (χ3n) is 5.21. The number of halogens is 1. The number of carbonyl (C=O) groups is 1. The number of sulfonamides is 1. The van der Waals surface area contributed by atoms with E-state index in [1.165, 1.54) is 17.5 Å². The van der Waals surface area contributed by atoms with E-state index >= 15 is 0 Å². The third-order valence-corrected chi connectivity index (χ3v) is 8.45. The van der Waals surface area contributed by atoms with Gasteiger partial charge in [0.05, 0.1) is 7.11 Å². The van der Waals surface area contributed by atoms with Crippen molar-refractivity contribution in [2.75, 3.05) is 43.5 Å². The number of nitrogens with zero attached hydrogens (tertiary/aromatic N) is 2. The first kappa shape index (κ1) is 22.6. The lowest BCUT2D eigenvalue weighted by molar-refractivity contribution is 0.102. The summed E-state index contributed by atoms with van der Waals surface area (Å²) in [5.74, 6) is 0.131. The minimum Gasteiger partial charge on any atom is -0.497 e. The van der Waals surface area contributed by atoms with Crippen LogP contribution in [0.15, 0.2) is 64.9 Å². The lowest BCUT2D eigenvalue weighted by atomic mass is 10.2. The number of hydrogen-bond acceptors (Lipinski definition) is 6. The van der Waals surface area contributed by atoms with Gasteiger partial charge in [0, 0.05) is 48.6 Å². The van der Waals surface area contributed by atoms with Gasteiger partial charge in [-0.2, -0.15) is 4.31 Å². The molecule has 3 aromatic rings. The predicted octanol–water partition coefficient (Wildman–Crippen LogP) is 4.17. The zero-order valence-electron chi connectivity index (χ0n) is 17.3. The van der Waals surface area contributed by atoms with Crippen LogP contribution in [-0.4, -0.2) is 51.9 Å². The molecule has 32 heavy (non-hydrogen) atoms. The summed E-state index contributed by atoms with van der Waals surface area (Å²) >= 11 is 7.06. The second kappa shape index (κ2) is 9.50. The molecule has 2 heterocycles. The highest BCUT2D eigenvalue weighted by atomic mass is 35.5. The highest BCUT2D eigenvalue weighted by Gasteiger charge is 2.32. The quantitative estimate of drug-likeness (QED) is 0.559. The molecule has 2 aromatic carbocycles. The average molecular weight is 492 g/mol. The van der Waals surface area contributed by atoms with Crippen molar-refractivity contribution in [1.29, 1.82) is 0 Å². The maximum absolute atomic E-state index is 13.3. The first-order valence-corrected chi connectivity index (χ1v) is 12.6. The van der Waals surface area contributed by atoms with Gasteiger partial charge >= 0.3 is 0 Å². The molecule has 1 N–H and O–H groups in total. The largest absolute Gasteiger partial charge is 0.497 e. The Morgan fingerprint density at radius 3 is 2.47 bits per heavy atom. The van der Waals surface area contributed by atoms with Crippen LogP contribution in [0, 0.1) is 0 Å². The number of anilines is 2. The molecule has 1 amide bonds. The smallest absolute Gasteiger partial charge is 0.267 e. The summed E-state index contributed by atoms with van der Waals surface area (Å²) in [6.07, 6.45) is 0. The summed E-state index contributed by atoms with van der Waals surface area (Å²) in [6.45, 7) is 1.77. The number of benzene rings is 2. The minimum atomic E-state index is -3.80. The van der Waals surface area contributed by atoms with E-state index in [-0.39, 0.29) is 9.77 Å². The molecule has 1 fully saturated rings. The number of piperazine rings is 1. The molecule has 0 unspecified atom stereocenters. The van der Waals surface area contributed by atoms with Crippen LogP contribution in [-0.2, 0) is 10.0 Å². The molecule has 0 aliphatic carbocycles. The van der Waals surface area contributed by atoms with Gasteiger partial charge in [-0.05, 0) is 47.8 Å². The molecule has 0 spiro atoms. The molecule has 1 aromatic heterocycles. The van der Waals surface area contributed by atoms with E-state index in [0.717, 1.165) is 17.0 Å². The number of carbonyl (C=O) groups excluding carboxylic acids is 1. The van der Waals surface area contributed by atoms with Gasteiger partial charge in [-0.1, -0.05) is 17.7 Å². The van der Waals surface area contributed by atoms with E-state index < -0.39 is 15.9 Å².